The molecule has 0 aliphatic carbocycles. The first-order chi connectivity index (χ1) is 11.5. The van der Waals surface area contributed by atoms with Crippen LogP contribution in [0.3, 0.4) is 0 Å². The normalized spacial score (nSPS) is 12.0. The maximum atomic E-state index is 13.6. The zero-order valence-corrected chi connectivity index (χ0v) is 15.1. The number of imidazole rings is 1. The van der Waals surface area contributed by atoms with Gasteiger partial charge in [-0.2, -0.15) is 0 Å². The van der Waals surface area contributed by atoms with Crippen LogP contribution in [0.1, 0.15) is 27.8 Å². The van der Waals surface area contributed by atoms with E-state index in [1.165, 1.54) is 12.1 Å². The van der Waals surface area contributed by atoms with Crippen LogP contribution in [0.25, 0.3) is 0 Å². The lowest BCUT2D eigenvalue weighted by molar-refractivity contribution is 0.0941. The van der Waals surface area contributed by atoms with Crippen molar-refractivity contribution in [1.29, 1.82) is 0 Å². The van der Waals surface area contributed by atoms with Gasteiger partial charge in [0.15, 0.2) is 0 Å². The van der Waals surface area contributed by atoms with Crippen molar-refractivity contribution in [1.82, 2.24) is 14.9 Å². The highest BCUT2D eigenvalue weighted by Gasteiger charge is 2.21. The highest BCUT2D eigenvalue weighted by molar-refractivity contribution is 14.1. The summed E-state index contributed by atoms with van der Waals surface area (Å²) in [6.07, 6.45) is 3.44. The summed E-state index contributed by atoms with van der Waals surface area (Å²) in [7, 11) is 1.84. The molecular formula is C18H15FIN3O. The Morgan fingerprint density at radius 3 is 2.62 bits per heavy atom. The molecule has 0 fully saturated rings. The van der Waals surface area contributed by atoms with Crippen molar-refractivity contribution >= 4 is 28.5 Å². The van der Waals surface area contributed by atoms with E-state index in [1.54, 1.807) is 36.7 Å². The minimum absolute atomic E-state index is 0.233. The average molecular weight is 435 g/mol. The van der Waals surface area contributed by atoms with Crippen LogP contribution in [0.4, 0.5) is 4.39 Å². The summed E-state index contributed by atoms with van der Waals surface area (Å²) < 4.78 is 16.5. The van der Waals surface area contributed by atoms with Gasteiger partial charge in [-0.3, -0.25) is 4.79 Å². The SMILES string of the molecule is Cn1ccnc1C(NC(=O)c1ccc(I)cc1)c1cccc(F)c1. The standard InChI is InChI=1S/C18H15FIN3O/c1-23-10-9-21-17(23)16(13-3-2-4-14(19)11-13)22-18(24)12-5-7-15(20)8-6-12/h2-11,16H,1H3,(H,22,24). The van der Waals surface area contributed by atoms with Gasteiger partial charge in [-0.15, -0.1) is 0 Å². The first kappa shape index (κ1) is 16.6. The van der Waals surface area contributed by atoms with Crippen LogP contribution in [0.2, 0.25) is 0 Å². The Bertz CT molecular complexity index is 861. The van der Waals surface area contributed by atoms with E-state index in [0.717, 1.165) is 3.57 Å². The summed E-state index contributed by atoms with van der Waals surface area (Å²) in [5, 5.41) is 2.95. The van der Waals surface area contributed by atoms with Crippen molar-refractivity contribution in [3.8, 4) is 0 Å². The molecule has 0 saturated carbocycles. The Balaban J connectivity index is 1.95. The molecule has 3 aromatic rings. The van der Waals surface area contributed by atoms with E-state index in [2.05, 4.69) is 32.9 Å². The number of halogens is 2. The second kappa shape index (κ2) is 7.12. The molecule has 1 unspecified atom stereocenters. The van der Waals surface area contributed by atoms with Crippen molar-refractivity contribution in [2.24, 2.45) is 7.05 Å². The predicted octanol–water partition coefficient (Wildman–Crippen LogP) is 3.68. The molecule has 122 valence electrons. The predicted molar refractivity (Wildman–Crippen MR) is 98.1 cm³/mol. The van der Waals surface area contributed by atoms with Crippen LogP contribution >= 0.6 is 22.6 Å². The van der Waals surface area contributed by atoms with E-state index >= 15 is 0 Å². The molecule has 0 spiro atoms. The van der Waals surface area contributed by atoms with Gasteiger partial charge in [0.1, 0.15) is 17.7 Å². The summed E-state index contributed by atoms with van der Waals surface area (Å²) in [6, 6.07) is 12.9. The Morgan fingerprint density at radius 2 is 2.00 bits per heavy atom. The van der Waals surface area contributed by atoms with Crippen LogP contribution in [0.5, 0.6) is 0 Å². The zero-order valence-electron chi connectivity index (χ0n) is 12.9. The molecular weight excluding hydrogens is 420 g/mol. The first-order valence-corrected chi connectivity index (χ1v) is 8.41. The molecule has 2 aromatic carbocycles. The maximum absolute atomic E-state index is 13.6. The third-order valence-electron chi connectivity index (χ3n) is 3.68. The molecule has 0 aliphatic rings. The van der Waals surface area contributed by atoms with Crippen LogP contribution in [-0.4, -0.2) is 15.5 Å². The second-order valence-electron chi connectivity index (χ2n) is 5.36. The molecule has 1 aromatic heterocycles. The summed E-state index contributed by atoms with van der Waals surface area (Å²) in [4.78, 5) is 16.9. The second-order valence-corrected chi connectivity index (χ2v) is 6.61. The van der Waals surface area contributed by atoms with E-state index in [9.17, 15) is 9.18 Å². The summed E-state index contributed by atoms with van der Waals surface area (Å²) in [5.41, 5.74) is 1.19. The molecule has 3 rings (SSSR count). The molecule has 1 atom stereocenters. The largest absolute Gasteiger partial charge is 0.338 e. The number of carbonyl (C=O) groups excluding carboxylic acids is 1. The Morgan fingerprint density at radius 1 is 1.25 bits per heavy atom. The van der Waals surface area contributed by atoms with Crippen LogP contribution < -0.4 is 5.32 Å². The monoisotopic (exact) mass is 435 g/mol. The summed E-state index contributed by atoms with van der Waals surface area (Å²) >= 11 is 2.18. The van der Waals surface area contributed by atoms with E-state index in [-0.39, 0.29) is 11.7 Å². The van der Waals surface area contributed by atoms with E-state index in [1.807, 2.05) is 23.7 Å². The molecule has 0 saturated heterocycles. The minimum atomic E-state index is -0.535. The highest BCUT2D eigenvalue weighted by Crippen LogP contribution is 2.22. The van der Waals surface area contributed by atoms with Crippen molar-refractivity contribution in [2.45, 2.75) is 6.04 Å². The van der Waals surface area contributed by atoms with Crippen LogP contribution in [-0.2, 0) is 7.05 Å². The Labute approximate surface area is 152 Å². The highest BCUT2D eigenvalue weighted by atomic mass is 127. The van der Waals surface area contributed by atoms with Gasteiger partial charge in [0.2, 0.25) is 0 Å². The molecule has 0 radical (unpaired) electrons. The number of carbonyl (C=O) groups is 1. The maximum Gasteiger partial charge on any atom is 0.252 e. The van der Waals surface area contributed by atoms with Crippen molar-refractivity contribution < 1.29 is 9.18 Å². The number of amides is 1. The molecule has 6 heteroatoms. The molecule has 24 heavy (non-hydrogen) atoms. The van der Waals surface area contributed by atoms with Gasteiger partial charge < -0.3 is 9.88 Å². The third-order valence-corrected chi connectivity index (χ3v) is 4.40. The lowest BCUT2D eigenvalue weighted by atomic mass is 10.0. The van der Waals surface area contributed by atoms with Crippen molar-refractivity contribution in [2.75, 3.05) is 0 Å². The molecule has 0 bridgehead atoms. The average Bonchev–Trinajstić information content (AvgIpc) is 2.99. The van der Waals surface area contributed by atoms with Gasteiger partial charge in [-0.25, -0.2) is 9.37 Å². The van der Waals surface area contributed by atoms with Crippen molar-refractivity contribution in [3.05, 3.63) is 87.3 Å². The molecule has 1 N–H and O–H groups in total. The zero-order chi connectivity index (χ0) is 17.1. The summed E-state index contributed by atoms with van der Waals surface area (Å²) in [6.45, 7) is 0. The lowest BCUT2D eigenvalue weighted by Gasteiger charge is -2.19. The Hall–Kier alpha value is -2.22. The fourth-order valence-electron chi connectivity index (χ4n) is 2.45. The van der Waals surface area contributed by atoms with E-state index in [0.29, 0.717) is 17.0 Å². The number of aromatic nitrogens is 2. The van der Waals surface area contributed by atoms with Crippen molar-refractivity contribution in [3.63, 3.8) is 0 Å². The number of nitrogens with zero attached hydrogens (tertiary/aromatic N) is 2. The molecule has 4 nitrogen and oxygen atoms in total. The van der Waals surface area contributed by atoms with Crippen LogP contribution in [0.15, 0.2) is 60.9 Å². The molecule has 1 heterocycles. The fraction of sp³-hybridized carbons (Fsp3) is 0.111. The number of hydrogen-bond donors (Lipinski definition) is 1. The Kier molecular flexibility index (Phi) is 4.94. The quantitative estimate of drug-likeness (QED) is 0.636. The van der Waals surface area contributed by atoms with Gasteiger partial charge in [0, 0.05) is 28.6 Å². The van der Waals surface area contributed by atoms with Gasteiger partial charge in [-0.1, -0.05) is 12.1 Å². The number of nitrogens with one attached hydrogen (secondary N) is 1. The summed E-state index contributed by atoms with van der Waals surface area (Å²) in [5.74, 6) is 0.0540. The van der Waals surface area contributed by atoms with Gasteiger partial charge >= 0.3 is 0 Å². The lowest BCUT2D eigenvalue weighted by Crippen LogP contribution is -2.31. The smallest absolute Gasteiger partial charge is 0.252 e. The number of aryl methyl sites for hydroxylation is 1. The first-order valence-electron chi connectivity index (χ1n) is 7.34. The van der Waals surface area contributed by atoms with Crippen LogP contribution in [0, 0.1) is 9.39 Å². The number of benzene rings is 2. The molecule has 1 amide bonds. The van der Waals surface area contributed by atoms with Gasteiger partial charge in [0.05, 0.1) is 0 Å². The third kappa shape index (κ3) is 3.64. The van der Waals surface area contributed by atoms with Gasteiger partial charge in [-0.05, 0) is 64.6 Å². The minimum Gasteiger partial charge on any atom is -0.338 e. The van der Waals surface area contributed by atoms with E-state index < -0.39 is 6.04 Å². The van der Waals surface area contributed by atoms with Gasteiger partial charge in [0.25, 0.3) is 5.91 Å². The fourth-order valence-corrected chi connectivity index (χ4v) is 2.81. The number of hydrogen-bond acceptors (Lipinski definition) is 2. The van der Waals surface area contributed by atoms with E-state index in [4.69, 9.17) is 0 Å². The molecule has 0 aliphatic heterocycles. The number of rotatable bonds is 4. The topological polar surface area (TPSA) is 46.9 Å².